The number of benzene rings is 1. The Morgan fingerprint density at radius 1 is 1.15 bits per heavy atom. The number of hydrogen-bond donors (Lipinski definition) is 1. The molecule has 0 saturated heterocycles. The number of aryl methyl sites for hydroxylation is 1. The number of pyridine rings is 2. The molecule has 1 aromatic carbocycles. The summed E-state index contributed by atoms with van der Waals surface area (Å²) in [6.45, 7) is 3.88. The Hall–Kier alpha value is -3.35. The molecule has 1 N–H and O–H groups in total. The lowest BCUT2D eigenvalue weighted by Crippen LogP contribution is -2.10. The summed E-state index contributed by atoms with van der Waals surface area (Å²) in [4.78, 5) is 21.2. The van der Waals surface area contributed by atoms with Gasteiger partial charge in [0.25, 0.3) is 0 Å². The Balaban J connectivity index is 2.16. The molecular formula is C20H21N3O4. The molecule has 3 aromatic rings. The minimum absolute atomic E-state index is 0.272. The number of fused-ring (bicyclic) bond motifs is 1. The molecule has 0 aliphatic rings. The van der Waals surface area contributed by atoms with Crippen LogP contribution in [0, 0.1) is 6.92 Å². The van der Waals surface area contributed by atoms with Crippen molar-refractivity contribution in [3.8, 4) is 11.5 Å². The third kappa shape index (κ3) is 3.76. The molecule has 0 bridgehead atoms. The number of rotatable bonds is 6. The number of anilines is 2. The van der Waals surface area contributed by atoms with Gasteiger partial charge < -0.3 is 19.5 Å². The monoisotopic (exact) mass is 367 g/mol. The molecule has 7 heteroatoms. The number of aromatic nitrogens is 2. The summed E-state index contributed by atoms with van der Waals surface area (Å²) in [5, 5.41) is 3.95. The number of nitrogens with one attached hydrogen (secondary N) is 1. The lowest BCUT2D eigenvalue weighted by Gasteiger charge is -2.15. The molecule has 140 valence electrons. The predicted molar refractivity (Wildman–Crippen MR) is 103 cm³/mol. The average molecular weight is 367 g/mol. The largest absolute Gasteiger partial charge is 0.497 e. The van der Waals surface area contributed by atoms with Crippen LogP contribution < -0.4 is 14.8 Å². The summed E-state index contributed by atoms with van der Waals surface area (Å²) in [6, 6.07) is 9.20. The van der Waals surface area contributed by atoms with Crippen LogP contribution in [-0.4, -0.2) is 36.8 Å². The topological polar surface area (TPSA) is 82.6 Å². The van der Waals surface area contributed by atoms with Gasteiger partial charge in [-0.05, 0) is 44.2 Å². The number of ether oxygens (including phenoxy) is 3. The van der Waals surface area contributed by atoms with Gasteiger partial charge in [-0.1, -0.05) is 0 Å². The normalized spacial score (nSPS) is 10.5. The maximum atomic E-state index is 12.4. The van der Waals surface area contributed by atoms with E-state index in [1.54, 1.807) is 21.1 Å². The number of methoxy groups -OCH3 is 2. The second-order valence-corrected chi connectivity index (χ2v) is 5.77. The standard InChI is InChI=1S/C20H21N3O4/c1-5-27-20(24)16-11-21-19-15(10-17(26-4)12(2)22-19)18(16)23-13-6-8-14(25-3)9-7-13/h6-11H,5H2,1-4H3,(H,21,22,23). The Kier molecular flexibility index (Phi) is 5.40. The van der Waals surface area contributed by atoms with E-state index < -0.39 is 5.97 Å². The first-order valence-corrected chi connectivity index (χ1v) is 8.50. The molecule has 3 rings (SSSR count). The average Bonchev–Trinajstić information content (AvgIpc) is 2.68. The van der Waals surface area contributed by atoms with E-state index in [-0.39, 0.29) is 6.61 Å². The fourth-order valence-corrected chi connectivity index (χ4v) is 2.72. The number of carbonyl (C=O) groups excluding carboxylic acids is 1. The van der Waals surface area contributed by atoms with E-state index in [0.717, 1.165) is 17.1 Å². The van der Waals surface area contributed by atoms with Crippen LogP contribution in [0.15, 0.2) is 36.5 Å². The molecule has 0 spiro atoms. The van der Waals surface area contributed by atoms with Crippen molar-refractivity contribution in [1.29, 1.82) is 0 Å². The fourth-order valence-electron chi connectivity index (χ4n) is 2.72. The van der Waals surface area contributed by atoms with Crippen LogP contribution in [0.1, 0.15) is 23.0 Å². The Bertz CT molecular complexity index is 971. The molecule has 0 fully saturated rings. The molecule has 0 amide bonds. The highest BCUT2D eigenvalue weighted by Crippen LogP contribution is 2.32. The zero-order chi connectivity index (χ0) is 19.4. The molecular weight excluding hydrogens is 346 g/mol. The Labute approximate surface area is 157 Å². The van der Waals surface area contributed by atoms with Crippen LogP contribution in [-0.2, 0) is 4.74 Å². The number of carbonyl (C=O) groups is 1. The van der Waals surface area contributed by atoms with Crippen LogP contribution in [0.25, 0.3) is 11.0 Å². The van der Waals surface area contributed by atoms with E-state index in [9.17, 15) is 4.79 Å². The second kappa shape index (κ2) is 7.90. The summed E-state index contributed by atoms with van der Waals surface area (Å²) in [6.07, 6.45) is 1.48. The van der Waals surface area contributed by atoms with Crippen LogP contribution in [0.5, 0.6) is 11.5 Å². The number of hydrogen-bond acceptors (Lipinski definition) is 7. The lowest BCUT2D eigenvalue weighted by molar-refractivity contribution is 0.0527. The zero-order valence-electron chi connectivity index (χ0n) is 15.7. The summed E-state index contributed by atoms with van der Waals surface area (Å²) in [5.41, 5.74) is 2.91. The van der Waals surface area contributed by atoms with Crippen molar-refractivity contribution in [3.63, 3.8) is 0 Å². The lowest BCUT2D eigenvalue weighted by atomic mass is 10.1. The van der Waals surface area contributed by atoms with Crippen molar-refractivity contribution < 1.29 is 19.0 Å². The first kappa shape index (κ1) is 18.4. The molecule has 0 aliphatic carbocycles. The van der Waals surface area contributed by atoms with Gasteiger partial charge in [-0.15, -0.1) is 0 Å². The maximum absolute atomic E-state index is 12.4. The highest BCUT2D eigenvalue weighted by Gasteiger charge is 2.19. The van der Waals surface area contributed by atoms with Crippen molar-refractivity contribution in [2.45, 2.75) is 13.8 Å². The highest BCUT2D eigenvalue weighted by atomic mass is 16.5. The van der Waals surface area contributed by atoms with Crippen molar-refractivity contribution in [2.75, 3.05) is 26.1 Å². The quantitative estimate of drug-likeness (QED) is 0.662. The van der Waals surface area contributed by atoms with Gasteiger partial charge in [-0.25, -0.2) is 14.8 Å². The van der Waals surface area contributed by atoms with E-state index in [4.69, 9.17) is 14.2 Å². The molecule has 27 heavy (non-hydrogen) atoms. The predicted octanol–water partition coefficient (Wildman–Crippen LogP) is 3.88. The van der Waals surface area contributed by atoms with E-state index in [0.29, 0.717) is 28.0 Å². The fraction of sp³-hybridized carbons (Fsp3) is 0.250. The van der Waals surface area contributed by atoms with Gasteiger partial charge >= 0.3 is 5.97 Å². The minimum atomic E-state index is -0.456. The molecule has 0 unspecified atom stereocenters. The molecule has 0 radical (unpaired) electrons. The molecule has 0 saturated carbocycles. The van der Waals surface area contributed by atoms with Gasteiger partial charge in [0.1, 0.15) is 17.1 Å². The highest BCUT2D eigenvalue weighted by molar-refractivity contribution is 6.05. The maximum Gasteiger partial charge on any atom is 0.341 e. The van der Waals surface area contributed by atoms with Crippen LogP contribution in [0.3, 0.4) is 0 Å². The van der Waals surface area contributed by atoms with Crippen molar-refractivity contribution >= 4 is 28.4 Å². The van der Waals surface area contributed by atoms with Crippen molar-refractivity contribution in [1.82, 2.24) is 9.97 Å². The molecule has 7 nitrogen and oxygen atoms in total. The van der Waals surface area contributed by atoms with Gasteiger partial charge in [0.15, 0.2) is 5.65 Å². The SMILES string of the molecule is CCOC(=O)c1cnc2nc(C)c(OC)cc2c1Nc1ccc(OC)cc1. The second-order valence-electron chi connectivity index (χ2n) is 5.77. The zero-order valence-corrected chi connectivity index (χ0v) is 15.7. The third-order valence-electron chi connectivity index (χ3n) is 4.08. The van der Waals surface area contributed by atoms with Gasteiger partial charge in [0.05, 0.1) is 32.2 Å². The van der Waals surface area contributed by atoms with Crippen LogP contribution in [0.2, 0.25) is 0 Å². The van der Waals surface area contributed by atoms with Crippen molar-refractivity contribution in [3.05, 3.63) is 47.8 Å². The van der Waals surface area contributed by atoms with Gasteiger partial charge in [-0.3, -0.25) is 0 Å². The minimum Gasteiger partial charge on any atom is -0.497 e. The summed E-state index contributed by atoms with van der Waals surface area (Å²) in [5.74, 6) is 0.898. The molecule has 0 atom stereocenters. The molecule has 2 aromatic heterocycles. The van der Waals surface area contributed by atoms with Crippen LogP contribution in [0.4, 0.5) is 11.4 Å². The number of nitrogens with zero attached hydrogens (tertiary/aromatic N) is 2. The van der Waals surface area contributed by atoms with E-state index in [1.165, 1.54) is 6.20 Å². The molecule has 2 heterocycles. The first-order valence-electron chi connectivity index (χ1n) is 8.50. The Morgan fingerprint density at radius 3 is 2.52 bits per heavy atom. The van der Waals surface area contributed by atoms with E-state index >= 15 is 0 Å². The summed E-state index contributed by atoms with van der Waals surface area (Å²) in [7, 11) is 3.19. The van der Waals surface area contributed by atoms with Gasteiger partial charge in [-0.2, -0.15) is 0 Å². The smallest absolute Gasteiger partial charge is 0.341 e. The van der Waals surface area contributed by atoms with Gasteiger partial charge in [0.2, 0.25) is 0 Å². The first-order chi connectivity index (χ1) is 13.1. The Morgan fingerprint density at radius 2 is 1.89 bits per heavy atom. The van der Waals surface area contributed by atoms with E-state index in [2.05, 4.69) is 15.3 Å². The van der Waals surface area contributed by atoms with Gasteiger partial charge in [0, 0.05) is 17.3 Å². The van der Waals surface area contributed by atoms with Crippen molar-refractivity contribution in [2.24, 2.45) is 0 Å². The number of esters is 1. The van der Waals surface area contributed by atoms with Crippen LogP contribution >= 0.6 is 0 Å². The van der Waals surface area contributed by atoms with E-state index in [1.807, 2.05) is 37.3 Å². The summed E-state index contributed by atoms with van der Waals surface area (Å²) < 4.78 is 15.8. The third-order valence-corrected chi connectivity index (χ3v) is 4.08. The summed E-state index contributed by atoms with van der Waals surface area (Å²) >= 11 is 0. The molecule has 0 aliphatic heterocycles.